The predicted molar refractivity (Wildman–Crippen MR) is 80.8 cm³/mol. The molecule has 0 fully saturated rings. The van der Waals surface area contributed by atoms with Crippen LogP contribution in [0.3, 0.4) is 0 Å². The highest BCUT2D eigenvalue weighted by atomic mass is 32.2. The summed E-state index contributed by atoms with van der Waals surface area (Å²) >= 11 is 0. The lowest BCUT2D eigenvalue weighted by Gasteiger charge is -2.08. The Kier molecular flexibility index (Phi) is 3.71. The number of hydrogen-bond acceptors (Lipinski definition) is 5. The third-order valence-corrected chi connectivity index (χ3v) is 4.68. The first-order chi connectivity index (χ1) is 10.5. The molecule has 3 aromatic rings. The van der Waals surface area contributed by atoms with Crippen molar-refractivity contribution in [1.29, 1.82) is 0 Å². The predicted octanol–water partition coefficient (Wildman–Crippen LogP) is 1.64. The van der Waals surface area contributed by atoms with Crippen LogP contribution in [-0.4, -0.2) is 29.7 Å². The molecule has 2 aromatic heterocycles. The Morgan fingerprint density at radius 3 is 2.82 bits per heavy atom. The van der Waals surface area contributed by atoms with Gasteiger partial charge in [-0.1, -0.05) is 19.1 Å². The molecule has 1 N–H and O–H groups in total. The Morgan fingerprint density at radius 1 is 1.36 bits per heavy atom. The van der Waals surface area contributed by atoms with Gasteiger partial charge in [0.25, 0.3) is 0 Å². The summed E-state index contributed by atoms with van der Waals surface area (Å²) in [6, 6.07) is 7.44. The molecule has 8 heteroatoms. The van der Waals surface area contributed by atoms with E-state index in [2.05, 4.69) is 14.8 Å². The Hall–Kier alpha value is -2.19. The van der Waals surface area contributed by atoms with E-state index in [0.717, 1.165) is 5.52 Å². The van der Waals surface area contributed by atoms with Crippen molar-refractivity contribution in [2.45, 2.75) is 17.7 Å². The van der Waals surface area contributed by atoms with Gasteiger partial charge in [0.15, 0.2) is 11.5 Å². The monoisotopic (exact) mass is 320 g/mol. The van der Waals surface area contributed by atoms with Gasteiger partial charge in [0.2, 0.25) is 10.0 Å². The zero-order chi connectivity index (χ0) is 15.7. The Morgan fingerprint density at radius 2 is 2.14 bits per heavy atom. The van der Waals surface area contributed by atoms with E-state index in [0.29, 0.717) is 11.5 Å². The average Bonchev–Trinajstić information content (AvgIpc) is 3.11. The molecule has 3 rings (SSSR count). The van der Waals surface area contributed by atoms with Gasteiger partial charge in [0.05, 0.1) is 6.20 Å². The lowest BCUT2D eigenvalue weighted by Crippen LogP contribution is -2.27. The lowest BCUT2D eigenvalue weighted by molar-refractivity contribution is 0.480. The molecule has 0 saturated heterocycles. The van der Waals surface area contributed by atoms with Gasteiger partial charge < -0.3 is 4.42 Å². The van der Waals surface area contributed by atoms with Crippen LogP contribution in [0.1, 0.15) is 18.7 Å². The van der Waals surface area contributed by atoms with Gasteiger partial charge in [-0.2, -0.15) is 5.10 Å². The molecule has 7 nitrogen and oxygen atoms in total. The van der Waals surface area contributed by atoms with Gasteiger partial charge in [0, 0.05) is 25.7 Å². The minimum Gasteiger partial charge on any atom is -0.440 e. The highest BCUT2D eigenvalue weighted by Crippen LogP contribution is 2.21. The number of nitrogens with zero attached hydrogens (tertiary/aromatic N) is 3. The van der Waals surface area contributed by atoms with Crippen LogP contribution < -0.4 is 4.72 Å². The molecule has 0 unspecified atom stereocenters. The third kappa shape index (κ3) is 2.88. The summed E-state index contributed by atoms with van der Waals surface area (Å²) < 4.78 is 33.9. The minimum atomic E-state index is -3.58. The van der Waals surface area contributed by atoms with Crippen molar-refractivity contribution in [3.63, 3.8) is 0 Å². The molecule has 0 bridgehead atoms. The van der Waals surface area contributed by atoms with Gasteiger partial charge in [-0.3, -0.25) is 4.68 Å². The summed E-state index contributed by atoms with van der Waals surface area (Å²) in [6.07, 6.45) is 2.76. The first-order valence-electron chi connectivity index (χ1n) is 6.79. The first-order valence-corrected chi connectivity index (χ1v) is 8.28. The van der Waals surface area contributed by atoms with Crippen LogP contribution in [-0.2, 0) is 17.1 Å². The number of sulfonamides is 1. The van der Waals surface area contributed by atoms with Gasteiger partial charge in [0.1, 0.15) is 10.4 Å². The largest absolute Gasteiger partial charge is 0.440 e. The van der Waals surface area contributed by atoms with Crippen molar-refractivity contribution in [2.24, 2.45) is 7.05 Å². The van der Waals surface area contributed by atoms with Crippen LogP contribution in [0.4, 0.5) is 0 Å². The quantitative estimate of drug-likeness (QED) is 0.772. The Bertz CT molecular complexity index is 865. The number of nitrogens with one attached hydrogen (secondary N) is 1. The lowest BCUT2D eigenvalue weighted by atomic mass is 10.2. The smallest absolute Gasteiger partial charge is 0.243 e. The zero-order valence-corrected chi connectivity index (χ0v) is 13.0. The van der Waals surface area contributed by atoms with E-state index in [1.54, 1.807) is 7.05 Å². The van der Waals surface area contributed by atoms with Crippen molar-refractivity contribution >= 4 is 21.1 Å². The summed E-state index contributed by atoms with van der Waals surface area (Å²) in [6.45, 7) is 2.06. The first kappa shape index (κ1) is 14.7. The fourth-order valence-electron chi connectivity index (χ4n) is 2.04. The van der Waals surface area contributed by atoms with Gasteiger partial charge >= 0.3 is 0 Å². The van der Waals surface area contributed by atoms with Crippen molar-refractivity contribution in [2.75, 3.05) is 6.54 Å². The number of para-hydroxylation sites is 2. The summed E-state index contributed by atoms with van der Waals surface area (Å²) in [5.74, 6) is 0.328. The summed E-state index contributed by atoms with van der Waals surface area (Å²) in [5.41, 5.74) is 1.46. The molecular weight excluding hydrogens is 304 g/mol. The van der Waals surface area contributed by atoms with Crippen LogP contribution in [0.5, 0.6) is 0 Å². The standard InChI is InChI=1S/C14H16N4O3S/c1-10(14-17-12-5-3-4-6-13(12)21-14)7-16-22(19,20)11-8-15-18(2)9-11/h3-6,8-10,16H,7H2,1-2H3/t10-/m1/s1. The molecule has 1 atom stereocenters. The number of aryl methyl sites for hydroxylation is 1. The van der Waals surface area contributed by atoms with E-state index in [1.165, 1.54) is 17.1 Å². The van der Waals surface area contributed by atoms with Crippen LogP contribution in [0.15, 0.2) is 46.0 Å². The van der Waals surface area contributed by atoms with Crippen molar-refractivity contribution < 1.29 is 12.8 Å². The van der Waals surface area contributed by atoms with Gasteiger partial charge in [-0.25, -0.2) is 18.1 Å². The number of oxazole rings is 1. The molecule has 22 heavy (non-hydrogen) atoms. The van der Waals surface area contributed by atoms with Crippen LogP contribution in [0, 0.1) is 0 Å². The molecule has 116 valence electrons. The normalized spacial score (nSPS) is 13.5. The van der Waals surface area contributed by atoms with E-state index in [1.807, 2.05) is 31.2 Å². The highest BCUT2D eigenvalue weighted by Gasteiger charge is 2.19. The maximum atomic E-state index is 12.1. The highest BCUT2D eigenvalue weighted by molar-refractivity contribution is 7.89. The maximum Gasteiger partial charge on any atom is 0.243 e. The van der Waals surface area contributed by atoms with Crippen LogP contribution in [0.2, 0.25) is 0 Å². The molecule has 2 heterocycles. The minimum absolute atomic E-state index is 0.139. The van der Waals surface area contributed by atoms with E-state index in [9.17, 15) is 8.42 Å². The van der Waals surface area contributed by atoms with Crippen molar-refractivity contribution in [3.05, 3.63) is 42.5 Å². The second-order valence-electron chi connectivity index (χ2n) is 5.12. The average molecular weight is 320 g/mol. The summed E-state index contributed by atoms with van der Waals surface area (Å²) in [4.78, 5) is 4.51. The number of fused-ring (bicyclic) bond motifs is 1. The molecule has 0 radical (unpaired) electrons. The fourth-order valence-corrected chi connectivity index (χ4v) is 3.16. The van der Waals surface area contributed by atoms with Crippen LogP contribution >= 0.6 is 0 Å². The molecule has 0 aliphatic rings. The second-order valence-corrected chi connectivity index (χ2v) is 6.89. The van der Waals surface area contributed by atoms with Crippen molar-refractivity contribution in [3.8, 4) is 0 Å². The van der Waals surface area contributed by atoms with E-state index in [-0.39, 0.29) is 17.4 Å². The topological polar surface area (TPSA) is 90.0 Å². The molecule has 0 amide bonds. The number of rotatable bonds is 5. The molecular formula is C14H16N4O3S. The second kappa shape index (κ2) is 5.54. The van der Waals surface area contributed by atoms with Crippen LogP contribution in [0.25, 0.3) is 11.1 Å². The van der Waals surface area contributed by atoms with E-state index >= 15 is 0 Å². The zero-order valence-electron chi connectivity index (χ0n) is 12.2. The van der Waals surface area contributed by atoms with E-state index in [4.69, 9.17) is 4.42 Å². The molecule has 0 spiro atoms. The molecule has 0 saturated carbocycles. The summed E-state index contributed by atoms with van der Waals surface area (Å²) in [5, 5.41) is 3.86. The molecule has 0 aliphatic heterocycles. The van der Waals surface area contributed by atoms with E-state index < -0.39 is 10.0 Å². The van der Waals surface area contributed by atoms with Gasteiger partial charge in [-0.05, 0) is 12.1 Å². The maximum absolute atomic E-state index is 12.1. The fraction of sp³-hybridized carbons (Fsp3) is 0.286. The number of benzene rings is 1. The summed E-state index contributed by atoms with van der Waals surface area (Å²) in [7, 11) is -1.91. The Balaban J connectivity index is 1.73. The van der Waals surface area contributed by atoms with Crippen molar-refractivity contribution in [1.82, 2.24) is 19.5 Å². The number of aromatic nitrogens is 3. The Labute approximate surface area is 128 Å². The molecule has 1 aromatic carbocycles. The van der Waals surface area contributed by atoms with Gasteiger partial charge in [-0.15, -0.1) is 0 Å². The number of hydrogen-bond donors (Lipinski definition) is 1. The molecule has 0 aliphatic carbocycles. The SMILES string of the molecule is C[C@H](CNS(=O)(=O)c1cnn(C)c1)c1nc2ccccc2o1. The third-order valence-electron chi connectivity index (χ3n) is 3.30.